The zero-order valence-electron chi connectivity index (χ0n) is 14.2. The van der Waals surface area contributed by atoms with E-state index in [1.165, 1.54) is 24.3 Å². The zero-order valence-corrected chi connectivity index (χ0v) is 14.2. The van der Waals surface area contributed by atoms with Crippen molar-refractivity contribution in [1.29, 1.82) is 0 Å². The molecule has 0 spiro atoms. The van der Waals surface area contributed by atoms with Gasteiger partial charge in [-0.05, 0) is 48.4 Å². The van der Waals surface area contributed by atoms with Crippen LogP contribution in [0.5, 0.6) is 5.75 Å². The lowest BCUT2D eigenvalue weighted by atomic mass is 9.98. The van der Waals surface area contributed by atoms with Crippen molar-refractivity contribution in [2.45, 2.75) is 26.1 Å². The summed E-state index contributed by atoms with van der Waals surface area (Å²) in [7, 11) is 0. The third-order valence-corrected chi connectivity index (χ3v) is 4.45. The van der Waals surface area contributed by atoms with Gasteiger partial charge in [-0.3, -0.25) is 0 Å². The third-order valence-electron chi connectivity index (χ3n) is 4.45. The summed E-state index contributed by atoms with van der Waals surface area (Å²) < 4.78 is 44.2. The summed E-state index contributed by atoms with van der Waals surface area (Å²) in [5, 5.41) is 9.14. The van der Waals surface area contributed by atoms with Gasteiger partial charge in [0.15, 0.2) is 0 Å². The van der Waals surface area contributed by atoms with Crippen molar-refractivity contribution in [1.82, 2.24) is 0 Å². The van der Waals surface area contributed by atoms with E-state index in [-0.39, 0.29) is 17.5 Å². The van der Waals surface area contributed by atoms with Crippen LogP contribution in [-0.4, -0.2) is 23.7 Å². The fourth-order valence-corrected chi connectivity index (χ4v) is 3.02. The zero-order chi connectivity index (χ0) is 19.1. The quantitative estimate of drug-likeness (QED) is 0.835. The van der Waals surface area contributed by atoms with E-state index in [0.717, 1.165) is 12.1 Å². The summed E-state index contributed by atoms with van der Waals surface area (Å²) >= 11 is 0. The van der Waals surface area contributed by atoms with E-state index in [4.69, 9.17) is 9.84 Å². The second-order valence-electron chi connectivity index (χ2n) is 6.52. The van der Waals surface area contributed by atoms with Crippen LogP contribution in [0.25, 0.3) is 0 Å². The predicted molar refractivity (Wildman–Crippen MR) is 91.1 cm³/mol. The number of fused-ring (bicyclic) bond motifs is 1. The monoisotopic (exact) mass is 365 g/mol. The Morgan fingerprint density at radius 2 is 1.85 bits per heavy atom. The molecule has 3 rings (SSSR count). The Morgan fingerprint density at radius 1 is 1.19 bits per heavy atom. The van der Waals surface area contributed by atoms with Gasteiger partial charge in [-0.15, -0.1) is 0 Å². The first-order valence-electron chi connectivity index (χ1n) is 8.15. The van der Waals surface area contributed by atoms with Crippen molar-refractivity contribution < 1.29 is 27.8 Å². The normalized spacial score (nSPS) is 17.0. The van der Waals surface area contributed by atoms with E-state index in [9.17, 15) is 18.0 Å². The fraction of sp³-hybridized carbons (Fsp3) is 0.316. The molecule has 1 N–H and O–H groups in total. The molecule has 1 unspecified atom stereocenters. The summed E-state index contributed by atoms with van der Waals surface area (Å²) in [6.45, 7) is 4.32. The molecule has 2 aromatic rings. The van der Waals surface area contributed by atoms with Gasteiger partial charge in [0.05, 0.1) is 22.9 Å². The maximum Gasteiger partial charge on any atom is 0.416 e. The molecule has 26 heavy (non-hydrogen) atoms. The molecule has 0 amide bonds. The number of carboxylic acid groups (broad SMARTS) is 1. The first kappa shape index (κ1) is 18.1. The number of hydrogen-bond donors (Lipinski definition) is 1. The molecule has 7 heteroatoms. The molecule has 1 atom stereocenters. The van der Waals surface area contributed by atoms with E-state index >= 15 is 0 Å². The number of halogens is 3. The molecule has 4 nitrogen and oxygen atoms in total. The predicted octanol–water partition coefficient (Wildman–Crippen LogP) is 4.96. The fourth-order valence-electron chi connectivity index (χ4n) is 3.02. The van der Waals surface area contributed by atoms with Crippen LogP contribution in [0.4, 0.5) is 24.5 Å². The molecule has 0 fully saturated rings. The van der Waals surface area contributed by atoms with Crippen LogP contribution >= 0.6 is 0 Å². The molecule has 0 bridgehead atoms. The van der Waals surface area contributed by atoms with E-state index in [2.05, 4.69) is 0 Å². The maximum atomic E-state index is 12.8. The highest BCUT2D eigenvalue weighted by Gasteiger charge is 2.33. The van der Waals surface area contributed by atoms with Crippen LogP contribution in [0.2, 0.25) is 0 Å². The smallest absolute Gasteiger partial charge is 0.416 e. The van der Waals surface area contributed by atoms with Crippen molar-refractivity contribution in [3.05, 3.63) is 53.6 Å². The Kier molecular flexibility index (Phi) is 4.56. The summed E-state index contributed by atoms with van der Waals surface area (Å²) in [4.78, 5) is 13.1. The van der Waals surface area contributed by atoms with Gasteiger partial charge in [0.1, 0.15) is 12.4 Å². The minimum atomic E-state index is -4.39. The summed E-state index contributed by atoms with van der Waals surface area (Å²) in [5.41, 5.74) is 0.625. The largest absolute Gasteiger partial charge is 0.489 e. The molecular formula is C19H18F3NO3. The standard InChI is InChI=1S/C19H18F3NO3/c1-11(2)16-10-26-17-9-12(18(24)25)3-8-15(17)23(16)14-6-4-13(5-7-14)19(20,21)22/h3-9,11,16H,10H2,1-2H3,(H,24,25). The average molecular weight is 365 g/mol. The SMILES string of the molecule is CC(C)C1COc2cc(C(=O)O)ccc2N1c1ccc(C(F)(F)F)cc1. The van der Waals surface area contributed by atoms with E-state index in [1.54, 1.807) is 6.07 Å². The Hall–Kier alpha value is -2.70. The van der Waals surface area contributed by atoms with Gasteiger partial charge in [-0.2, -0.15) is 13.2 Å². The number of carbonyl (C=O) groups is 1. The van der Waals surface area contributed by atoms with Crippen molar-refractivity contribution in [2.24, 2.45) is 5.92 Å². The molecule has 0 radical (unpaired) electrons. The van der Waals surface area contributed by atoms with Crippen molar-refractivity contribution in [3.8, 4) is 5.75 Å². The van der Waals surface area contributed by atoms with Gasteiger partial charge in [-0.25, -0.2) is 4.79 Å². The molecule has 1 aliphatic heterocycles. The molecule has 0 saturated heterocycles. The van der Waals surface area contributed by atoms with E-state index < -0.39 is 17.7 Å². The van der Waals surface area contributed by atoms with E-state index in [0.29, 0.717) is 23.7 Å². The molecule has 0 aliphatic carbocycles. The highest BCUT2D eigenvalue weighted by molar-refractivity contribution is 5.89. The number of rotatable bonds is 3. The third kappa shape index (κ3) is 3.34. The van der Waals surface area contributed by atoms with Crippen LogP contribution in [-0.2, 0) is 6.18 Å². The number of alkyl halides is 3. The minimum absolute atomic E-state index is 0.0880. The maximum absolute atomic E-state index is 12.8. The van der Waals surface area contributed by atoms with Crippen LogP contribution in [0.15, 0.2) is 42.5 Å². The highest BCUT2D eigenvalue weighted by Crippen LogP contribution is 2.42. The van der Waals surface area contributed by atoms with Crippen molar-refractivity contribution in [2.75, 3.05) is 11.5 Å². The Bertz CT molecular complexity index is 816. The number of benzene rings is 2. The number of aromatic carboxylic acids is 1. The molecule has 2 aromatic carbocycles. The molecule has 0 aromatic heterocycles. The average Bonchev–Trinajstić information content (AvgIpc) is 2.59. The molecular weight excluding hydrogens is 347 g/mol. The van der Waals surface area contributed by atoms with Crippen LogP contribution in [0.3, 0.4) is 0 Å². The van der Waals surface area contributed by atoms with Crippen molar-refractivity contribution >= 4 is 17.3 Å². The number of nitrogens with zero attached hydrogens (tertiary/aromatic N) is 1. The second-order valence-corrected chi connectivity index (χ2v) is 6.52. The lowest BCUT2D eigenvalue weighted by molar-refractivity contribution is -0.137. The van der Waals surface area contributed by atoms with Crippen molar-refractivity contribution in [3.63, 3.8) is 0 Å². The van der Waals surface area contributed by atoms with Crippen LogP contribution in [0, 0.1) is 5.92 Å². The summed E-state index contributed by atoms with van der Waals surface area (Å²) in [6.07, 6.45) is -4.39. The Labute approximate surface area is 148 Å². The topological polar surface area (TPSA) is 49.8 Å². The number of hydrogen-bond acceptors (Lipinski definition) is 3. The number of carboxylic acids is 1. The van der Waals surface area contributed by atoms with Gasteiger partial charge in [0, 0.05) is 5.69 Å². The van der Waals surface area contributed by atoms with Gasteiger partial charge in [0.2, 0.25) is 0 Å². The highest BCUT2D eigenvalue weighted by atomic mass is 19.4. The second kappa shape index (κ2) is 6.55. The first-order valence-corrected chi connectivity index (χ1v) is 8.15. The Balaban J connectivity index is 2.06. The van der Waals surface area contributed by atoms with E-state index in [1.807, 2.05) is 18.7 Å². The lowest BCUT2D eigenvalue weighted by Crippen LogP contribution is -2.43. The molecule has 0 saturated carbocycles. The summed E-state index contributed by atoms with van der Waals surface area (Å²) in [5.74, 6) is -0.491. The van der Waals surface area contributed by atoms with Gasteiger partial charge in [0.25, 0.3) is 0 Å². The van der Waals surface area contributed by atoms with Gasteiger partial charge < -0.3 is 14.7 Å². The lowest BCUT2D eigenvalue weighted by Gasteiger charge is -2.41. The minimum Gasteiger partial charge on any atom is -0.489 e. The number of anilines is 2. The van der Waals surface area contributed by atoms with Gasteiger partial charge >= 0.3 is 12.1 Å². The van der Waals surface area contributed by atoms with Crippen LogP contribution < -0.4 is 9.64 Å². The molecule has 138 valence electrons. The summed E-state index contributed by atoms with van der Waals surface area (Å²) in [6, 6.07) is 9.40. The number of ether oxygens (including phenoxy) is 1. The van der Waals surface area contributed by atoms with Gasteiger partial charge in [-0.1, -0.05) is 13.8 Å². The molecule has 1 heterocycles. The first-order chi connectivity index (χ1) is 12.2. The van der Waals surface area contributed by atoms with Crippen LogP contribution in [0.1, 0.15) is 29.8 Å². The Morgan fingerprint density at radius 3 is 2.38 bits per heavy atom. The molecule has 1 aliphatic rings.